The van der Waals surface area contributed by atoms with Crippen molar-refractivity contribution in [3.63, 3.8) is 0 Å². The zero-order chi connectivity index (χ0) is 13.0. The molecule has 0 spiro atoms. The fourth-order valence-electron chi connectivity index (χ4n) is 1.97. The van der Waals surface area contributed by atoms with Gasteiger partial charge in [0.2, 0.25) is 0 Å². The van der Waals surface area contributed by atoms with Crippen molar-refractivity contribution < 1.29 is 0 Å². The zero-order valence-corrected chi connectivity index (χ0v) is 14.5. The Bertz CT molecular complexity index is 151. The van der Waals surface area contributed by atoms with Gasteiger partial charge in [0.1, 0.15) is 7.22 Å². The van der Waals surface area contributed by atoms with Gasteiger partial charge < -0.3 is 0 Å². The molecule has 2 heteroatoms. The topological polar surface area (TPSA) is 0 Å². The van der Waals surface area contributed by atoms with Gasteiger partial charge in [0.25, 0.3) is 0 Å². The molecule has 17 heavy (non-hydrogen) atoms. The lowest BCUT2D eigenvalue weighted by Gasteiger charge is -2.14. The van der Waals surface area contributed by atoms with Crippen molar-refractivity contribution in [1.82, 2.24) is 0 Å². The molecule has 0 fully saturated rings. The van der Waals surface area contributed by atoms with Crippen molar-refractivity contribution in [3.05, 3.63) is 0 Å². The summed E-state index contributed by atoms with van der Waals surface area (Å²) in [5, 5.41) is 0. The maximum atomic E-state index is 2.45. The van der Waals surface area contributed by atoms with Crippen LogP contribution in [0.3, 0.4) is 0 Å². The molecule has 0 rings (SSSR count). The monoisotopic (exact) mass is 274 g/mol. The second kappa shape index (κ2) is 11.6. The first-order valence-electron chi connectivity index (χ1n) is 7.70. The van der Waals surface area contributed by atoms with E-state index in [1.807, 2.05) is 0 Å². The Balaban J connectivity index is 2.99. The van der Waals surface area contributed by atoms with E-state index in [4.69, 9.17) is 0 Å². The van der Waals surface area contributed by atoms with Crippen LogP contribution in [0.5, 0.6) is 0 Å². The van der Waals surface area contributed by atoms with Crippen LogP contribution in [0.4, 0.5) is 0 Å². The fraction of sp³-hybridized carbons (Fsp3) is 1.00. The highest BCUT2D eigenvalue weighted by Gasteiger charge is 2.12. The number of rotatable bonds is 12. The van der Waals surface area contributed by atoms with Crippen LogP contribution in [0, 0.1) is 0 Å². The normalized spacial score (nSPS) is 12.0. The average molecular weight is 275 g/mol. The van der Waals surface area contributed by atoms with Gasteiger partial charge in [-0.05, 0) is 12.2 Å². The van der Waals surface area contributed by atoms with Crippen LogP contribution in [0.25, 0.3) is 0 Å². The summed E-state index contributed by atoms with van der Waals surface area (Å²) in [6, 6.07) is 0. The molecular formula is C15H34SSi. The lowest BCUT2D eigenvalue weighted by atomic mass is 10.1. The second-order valence-electron chi connectivity index (χ2n) is 6.14. The predicted molar refractivity (Wildman–Crippen MR) is 87.6 cm³/mol. The maximum absolute atomic E-state index is 2.45. The largest absolute Gasteiger partial charge is 0.186 e. The van der Waals surface area contributed by atoms with Gasteiger partial charge >= 0.3 is 0 Å². The first-order valence-corrected chi connectivity index (χ1v) is 12.9. The summed E-state index contributed by atoms with van der Waals surface area (Å²) in [4.78, 5) is 0. The highest BCUT2D eigenvalue weighted by atomic mass is 32.4. The van der Waals surface area contributed by atoms with Gasteiger partial charge in [0.05, 0.1) is 0 Å². The molecule has 0 N–H and O–H groups in total. The molecule has 0 heterocycles. The number of hydrogen-bond donors (Lipinski definition) is 0. The summed E-state index contributed by atoms with van der Waals surface area (Å²) >= 11 is 2.25. The highest BCUT2D eigenvalue weighted by molar-refractivity contribution is 8.28. The van der Waals surface area contributed by atoms with Crippen LogP contribution < -0.4 is 0 Å². The number of hydrogen-bond acceptors (Lipinski definition) is 1. The quantitative estimate of drug-likeness (QED) is 0.290. The Morgan fingerprint density at radius 1 is 0.647 bits per heavy atom. The van der Waals surface area contributed by atoms with E-state index in [9.17, 15) is 0 Å². The molecular weight excluding hydrogens is 240 g/mol. The van der Waals surface area contributed by atoms with Crippen LogP contribution in [-0.4, -0.2) is 13.0 Å². The van der Waals surface area contributed by atoms with E-state index in [2.05, 4.69) is 37.8 Å². The minimum absolute atomic E-state index is 0.835. The van der Waals surface area contributed by atoms with E-state index in [0.29, 0.717) is 0 Å². The van der Waals surface area contributed by atoms with Gasteiger partial charge in [-0.2, -0.15) is 11.2 Å². The van der Waals surface area contributed by atoms with Gasteiger partial charge in [-0.15, -0.1) is 0 Å². The molecule has 104 valence electrons. The summed E-state index contributed by atoms with van der Waals surface area (Å²) in [7, 11) is -0.835. The van der Waals surface area contributed by atoms with E-state index in [0.717, 1.165) is 0 Å². The van der Waals surface area contributed by atoms with Gasteiger partial charge in [-0.25, -0.2) is 0 Å². The lowest BCUT2D eigenvalue weighted by molar-refractivity contribution is 0.563. The minimum Gasteiger partial charge on any atom is -0.186 e. The molecule has 0 saturated heterocycles. The number of unbranched alkanes of at least 4 members (excludes halogenated alkanes) is 9. The van der Waals surface area contributed by atoms with Crippen molar-refractivity contribution in [3.8, 4) is 0 Å². The van der Waals surface area contributed by atoms with Crippen molar-refractivity contribution in [2.24, 2.45) is 0 Å². The van der Waals surface area contributed by atoms with Crippen LogP contribution in [-0.2, 0) is 0 Å². The summed E-state index contributed by atoms with van der Waals surface area (Å²) < 4.78 is 0. The lowest BCUT2D eigenvalue weighted by Crippen LogP contribution is -2.14. The van der Waals surface area contributed by atoms with E-state index in [1.165, 1.54) is 70.0 Å². The summed E-state index contributed by atoms with van der Waals surface area (Å²) in [6.07, 6.45) is 14.6. The minimum atomic E-state index is -0.835. The van der Waals surface area contributed by atoms with E-state index in [-0.39, 0.29) is 0 Å². The summed E-state index contributed by atoms with van der Waals surface area (Å²) in [5.74, 6) is 1.41. The zero-order valence-electron chi connectivity index (χ0n) is 12.7. The Morgan fingerprint density at radius 3 is 1.47 bits per heavy atom. The Labute approximate surface area is 115 Å². The Hall–Kier alpha value is 0.567. The van der Waals surface area contributed by atoms with Gasteiger partial charge in [-0.3, -0.25) is 0 Å². The van der Waals surface area contributed by atoms with Crippen molar-refractivity contribution >= 4 is 18.4 Å². The molecule has 0 unspecified atom stereocenters. The molecule has 0 nitrogen and oxygen atoms in total. The Kier molecular flexibility index (Phi) is 12.0. The van der Waals surface area contributed by atoms with Crippen molar-refractivity contribution in [1.29, 1.82) is 0 Å². The first-order chi connectivity index (χ1) is 8.06. The molecule has 0 aromatic heterocycles. The molecule has 0 atom stereocenters. The molecule has 0 aliphatic rings. The molecule has 0 aromatic rings. The van der Waals surface area contributed by atoms with Crippen LogP contribution in [0.1, 0.15) is 71.1 Å². The summed E-state index contributed by atoms with van der Waals surface area (Å²) in [5.41, 5.74) is 0. The fourth-order valence-corrected chi connectivity index (χ4v) is 5.20. The van der Waals surface area contributed by atoms with Crippen LogP contribution in [0.15, 0.2) is 0 Å². The third-order valence-corrected chi connectivity index (χ3v) is 7.60. The highest BCUT2D eigenvalue weighted by Crippen LogP contribution is 2.21. The third-order valence-electron chi connectivity index (χ3n) is 3.03. The molecule has 0 saturated carbocycles. The van der Waals surface area contributed by atoms with Crippen molar-refractivity contribution in [2.45, 2.75) is 90.8 Å². The first kappa shape index (κ1) is 17.6. The molecule has 0 amide bonds. The second-order valence-corrected chi connectivity index (χ2v) is 15.6. The SMILES string of the molecule is CCCCCCCCCCCCS[Si](C)(C)C. The van der Waals surface area contributed by atoms with Crippen molar-refractivity contribution in [2.75, 3.05) is 5.75 Å². The van der Waals surface area contributed by atoms with E-state index in [1.54, 1.807) is 0 Å². The van der Waals surface area contributed by atoms with E-state index < -0.39 is 7.22 Å². The van der Waals surface area contributed by atoms with Crippen LogP contribution >= 0.6 is 11.2 Å². The molecule has 0 aromatic carbocycles. The van der Waals surface area contributed by atoms with Gasteiger partial charge in [0.15, 0.2) is 0 Å². The van der Waals surface area contributed by atoms with Gasteiger partial charge in [0, 0.05) is 0 Å². The van der Waals surface area contributed by atoms with Gasteiger partial charge in [-0.1, -0.05) is 84.4 Å². The average Bonchev–Trinajstić information content (AvgIpc) is 2.24. The molecule has 0 bridgehead atoms. The predicted octanol–water partition coefficient (Wildman–Crippen LogP) is 6.48. The third kappa shape index (κ3) is 16.6. The summed E-state index contributed by atoms with van der Waals surface area (Å²) in [6.45, 7) is 9.65. The molecule has 0 aliphatic heterocycles. The van der Waals surface area contributed by atoms with Crippen LogP contribution in [0.2, 0.25) is 19.6 Å². The molecule has 0 aliphatic carbocycles. The Morgan fingerprint density at radius 2 is 1.06 bits per heavy atom. The standard InChI is InChI=1S/C15H34SSi/c1-5-6-7-8-9-10-11-12-13-14-15-16-17(2,3)4/h5-15H2,1-4H3. The maximum Gasteiger partial charge on any atom is 0.108 e. The van der Waals surface area contributed by atoms with E-state index >= 15 is 0 Å². The smallest absolute Gasteiger partial charge is 0.108 e. The molecule has 0 radical (unpaired) electrons.